The molecule has 0 aliphatic rings. The van der Waals surface area contributed by atoms with E-state index in [4.69, 9.17) is 13.9 Å². The molecule has 180 valence electrons. The lowest BCUT2D eigenvalue weighted by Crippen LogP contribution is -2.33. The highest BCUT2D eigenvalue weighted by Gasteiger charge is 2.31. The van der Waals surface area contributed by atoms with Gasteiger partial charge in [-0.25, -0.2) is 13.2 Å². The van der Waals surface area contributed by atoms with Gasteiger partial charge in [-0.15, -0.1) is 0 Å². The molecule has 9 heteroatoms. The van der Waals surface area contributed by atoms with E-state index in [1.54, 1.807) is 67.8 Å². The number of rotatable bonds is 8. The minimum Gasteiger partial charge on any atom is -0.497 e. The van der Waals surface area contributed by atoms with Crippen LogP contribution in [-0.4, -0.2) is 33.6 Å². The molecular weight excluding hydrogens is 468 g/mol. The third-order valence-corrected chi connectivity index (χ3v) is 7.22. The molecule has 0 spiro atoms. The maximum atomic E-state index is 14.0. The Bertz CT molecular complexity index is 1420. The molecule has 2 heterocycles. The lowest BCUT2D eigenvalue weighted by Gasteiger charge is -2.28. The number of aryl methyl sites for hydroxylation is 1. The Labute approximate surface area is 203 Å². The average molecular weight is 493 g/mol. The monoisotopic (exact) mass is 492 g/mol. The molecule has 0 radical (unpaired) electrons. The molecule has 35 heavy (non-hydrogen) atoms. The van der Waals surface area contributed by atoms with Gasteiger partial charge in [0.15, 0.2) is 0 Å². The Hall–Kier alpha value is -4.11. The van der Waals surface area contributed by atoms with Gasteiger partial charge in [-0.1, -0.05) is 6.07 Å². The van der Waals surface area contributed by atoms with Gasteiger partial charge in [0.1, 0.15) is 11.5 Å². The molecule has 0 unspecified atom stereocenters. The number of methoxy groups -OCH3 is 2. The molecular formula is C26H24N2O6S. The summed E-state index contributed by atoms with van der Waals surface area (Å²) < 4.78 is 44.8. The summed E-state index contributed by atoms with van der Waals surface area (Å²) in [5.41, 5.74) is 2.14. The number of sulfonamides is 1. The Morgan fingerprint density at radius 2 is 1.83 bits per heavy atom. The van der Waals surface area contributed by atoms with E-state index in [2.05, 4.69) is 4.98 Å². The van der Waals surface area contributed by atoms with Crippen molar-refractivity contribution in [1.82, 2.24) is 4.98 Å². The number of esters is 1. The number of aromatic nitrogens is 1. The fourth-order valence-electron chi connectivity index (χ4n) is 3.78. The number of hydrogen-bond acceptors (Lipinski definition) is 7. The van der Waals surface area contributed by atoms with Crippen LogP contribution >= 0.6 is 0 Å². The average Bonchev–Trinajstić information content (AvgIpc) is 3.42. The molecule has 0 atom stereocenters. The molecule has 8 nitrogen and oxygen atoms in total. The topological polar surface area (TPSA) is 98.9 Å². The summed E-state index contributed by atoms with van der Waals surface area (Å²) in [5, 5.41) is 0. The van der Waals surface area contributed by atoms with Gasteiger partial charge in [-0.3, -0.25) is 9.29 Å². The van der Waals surface area contributed by atoms with Gasteiger partial charge in [-0.05, 0) is 72.6 Å². The van der Waals surface area contributed by atoms with Gasteiger partial charge in [0.25, 0.3) is 10.0 Å². The zero-order valence-electron chi connectivity index (χ0n) is 19.5. The van der Waals surface area contributed by atoms with Crippen molar-refractivity contribution in [1.29, 1.82) is 0 Å². The summed E-state index contributed by atoms with van der Waals surface area (Å²) in [6.07, 6.45) is 4.72. The first-order valence-electron chi connectivity index (χ1n) is 10.7. The minimum absolute atomic E-state index is 0.0485. The molecule has 0 saturated heterocycles. The zero-order chi connectivity index (χ0) is 25.0. The Morgan fingerprint density at radius 3 is 2.43 bits per heavy atom. The Morgan fingerprint density at radius 1 is 1.06 bits per heavy atom. The van der Waals surface area contributed by atoms with Crippen LogP contribution in [0.15, 0.2) is 88.6 Å². The van der Waals surface area contributed by atoms with Crippen LogP contribution in [-0.2, 0) is 21.3 Å². The summed E-state index contributed by atoms with van der Waals surface area (Å²) in [7, 11) is -1.35. The normalized spacial score (nSPS) is 11.2. The van der Waals surface area contributed by atoms with Crippen molar-refractivity contribution in [2.75, 3.05) is 18.5 Å². The van der Waals surface area contributed by atoms with Gasteiger partial charge >= 0.3 is 5.97 Å². The fourth-order valence-corrected chi connectivity index (χ4v) is 5.31. The molecule has 4 rings (SSSR count). The summed E-state index contributed by atoms with van der Waals surface area (Å²) >= 11 is 0. The first-order valence-corrected chi connectivity index (χ1v) is 12.1. The molecule has 2 aromatic carbocycles. The highest BCUT2D eigenvalue weighted by atomic mass is 32.2. The number of anilines is 1. The predicted octanol–water partition coefficient (Wildman–Crippen LogP) is 4.84. The number of pyridine rings is 1. The molecule has 2 aromatic heterocycles. The van der Waals surface area contributed by atoms with E-state index in [1.807, 2.05) is 0 Å². The number of nitrogens with zero attached hydrogens (tertiary/aromatic N) is 2. The summed E-state index contributed by atoms with van der Waals surface area (Å²) in [6.45, 7) is 1.70. The van der Waals surface area contributed by atoms with Crippen LogP contribution in [0, 0.1) is 6.92 Å². The number of furan rings is 1. The number of hydrogen-bond donors (Lipinski definition) is 0. The molecule has 4 aromatic rings. The second-order valence-corrected chi connectivity index (χ2v) is 9.57. The van der Waals surface area contributed by atoms with Crippen LogP contribution in [0.3, 0.4) is 0 Å². The van der Waals surface area contributed by atoms with E-state index < -0.39 is 16.0 Å². The van der Waals surface area contributed by atoms with E-state index >= 15 is 0 Å². The molecule has 0 fully saturated rings. The van der Waals surface area contributed by atoms with Crippen molar-refractivity contribution < 1.29 is 27.1 Å². The lowest BCUT2D eigenvalue weighted by molar-refractivity contribution is 0.0601. The van der Waals surface area contributed by atoms with Crippen LogP contribution in [0.5, 0.6) is 5.75 Å². The maximum absolute atomic E-state index is 14.0. The highest BCUT2D eigenvalue weighted by Crippen LogP contribution is 2.36. The third-order valence-electron chi connectivity index (χ3n) is 5.46. The van der Waals surface area contributed by atoms with Gasteiger partial charge < -0.3 is 13.9 Å². The van der Waals surface area contributed by atoms with Crippen LogP contribution in [0.1, 0.15) is 21.5 Å². The summed E-state index contributed by atoms with van der Waals surface area (Å²) in [4.78, 5) is 17.1. The van der Waals surface area contributed by atoms with E-state index in [-0.39, 0.29) is 22.7 Å². The largest absolute Gasteiger partial charge is 0.497 e. The smallest absolute Gasteiger partial charge is 0.340 e. The second kappa shape index (κ2) is 10.0. The quantitative estimate of drug-likeness (QED) is 0.325. The van der Waals surface area contributed by atoms with Crippen LogP contribution in [0.4, 0.5) is 5.69 Å². The fraction of sp³-hybridized carbons (Fsp3) is 0.154. The highest BCUT2D eigenvalue weighted by molar-refractivity contribution is 7.92. The molecule has 0 aliphatic carbocycles. The molecule has 0 aliphatic heterocycles. The van der Waals surface area contributed by atoms with Gasteiger partial charge in [0.05, 0.1) is 43.2 Å². The number of benzene rings is 2. The Kier molecular flexibility index (Phi) is 6.88. The number of carbonyl (C=O) groups excluding carboxylic acids is 1. The standard InChI is InChI=1S/C26H24N2O6S/c1-18-14-20(24-7-5-13-34-24)15-23(26(29)33-3)25(18)28(17-19-6-4-12-27-16-19)35(30,31)22-10-8-21(32-2)9-11-22/h4-16H,17H2,1-3H3. The van der Waals surface area contributed by atoms with Crippen molar-refractivity contribution in [3.05, 3.63) is 96.0 Å². The summed E-state index contributed by atoms with van der Waals surface area (Å²) in [6, 6.07) is 16.4. The maximum Gasteiger partial charge on any atom is 0.340 e. The first kappa shape index (κ1) is 24.0. The van der Waals surface area contributed by atoms with Crippen LogP contribution in [0.25, 0.3) is 11.3 Å². The number of ether oxygens (including phenoxy) is 2. The van der Waals surface area contributed by atoms with Gasteiger partial charge in [-0.2, -0.15) is 0 Å². The third kappa shape index (κ3) is 4.90. The first-order chi connectivity index (χ1) is 16.8. The number of carbonyl (C=O) groups is 1. The molecule has 0 bridgehead atoms. The molecule has 0 saturated carbocycles. The van der Waals surface area contributed by atoms with E-state index in [0.717, 1.165) is 0 Å². The summed E-state index contributed by atoms with van der Waals surface area (Å²) in [5.74, 6) is 0.399. The van der Waals surface area contributed by atoms with E-state index in [0.29, 0.717) is 28.2 Å². The van der Waals surface area contributed by atoms with Crippen molar-refractivity contribution in [2.45, 2.75) is 18.4 Å². The minimum atomic E-state index is -4.11. The molecule has 0 N–H and O–H groups in total. The predicted molar refractivity (Wildman–Crippen MR) is 131 cm³/mol. The SMILES string of the molecule is COC(=O)c1cc(-c2ccco2)cc(C)c1N(Cc1cccnc1)S(=O)(=O)c1ccc(OC)cc1. The zero-order valence-corrected chi connectivity index (χ0v) is 20.3. The lowest BCUT2D eigenvalue weighted by atomic mass is 10.0. The second-order valence-electron chi connectivity index (χ2n) is 7.71. The van der Waals surface area contributed by atoms with E-state index in [9.17, 15) is 13.2 Å². The van der Waals surface area contributed by atoms with Crippen LogP contribution in [0.2, 0.25) is 0 Å². The van der Waals surface area contributed by atoms with E-state index in [1.165, 1.54) is 36.9 Å². The van der Waals surface area contributed by atoms with Gasteiger partial charge in [0.2, 0.25) is 0 Å². The van der Waals surface area contributed by atoms with Crippen molar-refractivity contribution in [3.63, 3.8) is 0 Å². The Balaban J connectivity index is 1.94. The molecule has 0 amide bonds. The van der Waals surface area contributed by atoms with Crippen molar-refractivity contribution in [2.24, 2.45) is 0 Å². The van der Waals surface area contributed by atoms with Crippen LogP contribution < -0.4 is 9.04 Å². The van der Waals surface area contributed by atoms with Gasteiger partial charge in [0, 0.05) is 18.0 Å². The van der Waals surface area contributed by atoms with Crippen molar-refractivity contribution in [3.8, 4) is 17.1 Å². The van der Waals surface area contributed by atoms with Crippen molar-refractivity contribution >= 4 is 21.7 Å².